The molecule has 7 heteroatoms. The van der Waals surface area contributed by atoms with Gasteiger partial charge in [-0.1, -0.05) is 24.8 Å². The summed E-state index contributed by atoms with van der Waals surface area (Å²) in [5, 5.41) is 10.9. The molecule has 0 spiro atoms. The van der Waals surface area contributed by atoms with Crippen molar-refractivity contribution in [3.63, 3.8) is 0 Å². The van der Waals surface area contributed by atoms with Gasteiger partial charge in [0.05, 0.1) is 35.3 Å². The van der Waals surface area contributed by atoms with E-state index in [0.717, 1.165) is 22.3 Å². The van der Waals surface area contributed by atoms with Gasteiger partial charge in [-0.15, -0.1) is 0 Å². The van der Waals surface area contributed by atoms with E-state index in [0.29, 0.717) is 5.82 Å². The van der Waals surface area contributed by atoms with Crippen LogP contribution in [0, 0.1) is 0 Å². The smallest absolute Gasteiger partial charge is 0.320 e. The van der Waals surface area contributed by atoms with Crippen LogP contribution in [0.4, 0.5) is 10.6 Å². The monoisotopic (exact) mass is 378 g/mol. The summed E-state index contributed by atoms with van der Waals surface area (Å²) in [6, 6.07) is 6.79. The van der Waals surface area contributed by atoms with Crippen LogP contribution < -0.4 is 10.6 Å². The summed E-state index contributed by atoms with van der Waals surface area (Å²) in [7, 11) is 0. The molecule has 146 valence electrons. The zero-order chi connectivity index (χ0) is 19.9. The van der Waals surface area contributed by atoms with E-state index < -0.39 is 0 Å². The standard InChI is InChI=1S/C21H22N6O.2H2/c1-4-8-17(9-5-2)27-19-14-23-20(12-16(19)13-24-27)26-21(28)25-15(3)18-10-6-7-11-22-18;;/h4-15H,1H2,2-3H3,(H2,23,25,26,28);2*1H/b9-5-,17-8+;;/t15-;;/m1../s1. The Hall–Kier alpha value is -3.74. The molecule has 0 unspecified atom stereocenters. The molecule has 0 aliphatic rings. The van der Waals surface area contributed by atoms with Crippen LogP contribution in [0.15, 0.2) is 73.7 Å². The maximum Gasteiger partial charge on any atom is 0.320 e. The van der Waals surface area contributed by atoms with Crippen LogP contribution in [0.25, 0.3) is 16.6 Å². The lowest BCUT2D eigenvalue weighted by Crippen LogP contribution is -2.31. The molecular formula is C21H26N6O. The Kier molecular flexibility index (Phi) is 5.96. The minimum Gasteiger partial charge on any atom is -0.330 e. The van der Waals surface area contributed by atoms with E-state index in [1.54, 1.807) is 35.4 Å². The fourth-order valence-corrected chi connectivity index (χ4v) is 2.74. The van der Waals surface area contributed by atoms with Crippen molar-refractivity contribution in [3.8, 4) is 0 Å². The number of amides is 2. The second-order valence-electron chi connectivity index (χ2n) is 6.09. The first kappa shape index (κ1) is 19.0. The third-order valence-corrected chi connectivity index (χ3v) is 4.05. The van der Waals surface area contributed by atoms with Crippen molar-refractivity contribution in [2.24, 2.45) is 0 Å². The first-order valence-electron chi connectivity index (χ1n) is 8.90. The fourth-order valence-electron chi connectivity index (χ4n) is 2.74. The summed E-state index contributed by atoms with van der Waals surface area (Å²) >= 11 is 0. The Bertz CT molecular complexity index is 1050. The Morgan fingerprint density at radius 3 is 2.89 bits per heavy atom. The maximum atomic E-state index is 12.3. The summed E-state index contributed by atoms with van der Waals surface area (Å²) < 4.78 is 1.77. The van der Waals surface area contributed by atoms with Crippen LogP contribution in [-0.4, -0.2) is 25.8 Å². The molecule has 7 nitrogen and oxygen atoms in total. The van der Waals surface area contributed by atoms with Crippen LogP contribution in [-0.2, 0) is 0 Å². The average molecular weight is 378 g/mol. The number of carbonyl (C=O) groups is 1. The molecule has 0 saturated heterocycles. The van der Waals surface area contributed by atoms with Gasteiger partial charge in [0.1, 0.15) is 5.82 Å². The van der Waals surface area contributed by atoms with E-state index in [-0.39, 0.29) is 14.9 Å². The Labute approximate surface area is 166 Å². The SMILES string of the molecule is C=C/C=C(\C=C/C)n1ncc2cc(NC(=O)N[C@H](C)c3ccccn3)ncc21.[HH].[HH]. The van der Waals surface area contributed by atoms with Gasteiger partial charge in [-0.2, -0.15) is 5.10 Å². The second-order valence-corrected chi connectivity index (χ2v) is 6.09. The van der Waals surface area contributed by atoms with E-state index in [1.807, 2.05) is 50.3 Å². The van der Waals surface area contributed by atoms with Gasteiger partial charge in [-0.05, 0) is 44.2 Å². The zero-order valence-corrected chi connectivity index (χ0v) is 15.8. The number of carbonyl (C=O) groups excluding carboxylic acids is 1. The molecule has 0 aromatic carbocycles. The highest BCUT2D eigenvalue weighted by atomic mass is 16.2. The van der Waals surface area contributed by atoms with Crippen molar-refractivity contribution < 1.29 is 7.65 Å². The molecule has 0 aliphatic carbocycles. The molecule has 3 rings (SSSR count). The fraction of sp³-hybridized carbons (Fsp3) is 0.143. The molecule has 2 N–H and O–H groups in total. The van der Waals surface area contributed by atoms with Crippen molar-refractivity contribution in [2.45, 2.75) is 19.9 Å². The number of hydrogen-bond acceptors (Lipinski definition) is 4. The first-order valence-corrected chi connectivity index (χ1v) is 8.90. The molecule has 0 radical (unpaired) electrons. The van der Waals surface area contributed by atoms with Crippen LogP contribution in [0.5, 0.6) is 0 Å². The highest BCUT2D eigenvalue weighted by Gasteiger charge is 2.12. The van der Waals surface area contributed by atoms with Crippen molar-refractivity contribution in [1.82, 2.24) is 25.1 Å². The molecule has 3 aromatic heterocycles. The van der Waals surface area contributed by atoms with Gasteiger partial charge in [-0.25, -0.2) is 14.5 Å². The number of nitrogens with one attached hydrogen (secondary N) is 2. The van der Waals surface area contributed by atoms with E-state index >= 15 is 0 Å². The molecule has 0 saturated carbocycles. The highest BCUT2D eigenvalue weighted by molar-refractivity contribution is 5.91. The summed E-state index contributed by atoms with van der Waals surface area (Å²) in [5.74, 6) is 0.443. The van der Waals surface area contributed by atoms with E-state index in [2.05, 4.69) is 32.3 Å². The van der Waals surface area contributed by atoms with Crippen LogP contribution in [0.2, 0.25) is 0 Å². The molecule has 0 fully saturated rings. The van der Waals surface area contributed by atoms with Crippen molar-refractivity contribution in [1.29, 1.82) is 0 Å². The van der Waals surface area contributed by atoms with Gasteiger partial charge < -0.3 is 5.32 Å². The Morgan fingerprint density at radius 2 is 2.18 bits per heavy atom. The summed E-state index contributed by atoms with van der Waals surface area (Å²) in [6.07, 6.45) is 12.6. The van der Waals surface area contributed by atoms with Crippen molar-refractivity contribution >= 4 is 28.4 Å². The van der Waals surface area contributed by atoms with Gasteiger partial charge in [0.2, 0.25) is 0 Å². The van der Waals surface area contributed by atoms with Gasteiger partial charge in [0, 0.05) is 14.4 Å². The summed E-state index contributed by atoms with van der Waals surface area (Å²) in [4.78, 5) is 20.9. The highest BCUT2D eigenvalue weighted by Crippen LogP contribution is 2.20. The number of pyridine rings is 2. The van der Waals surface area contributed by atoms with Gasteiger partial charge in [0.25, 0.3) is 0 Å². The normalized spacial score (nSPS) is 12.9. The largest absolute Gasteiger partial charge is 0.330 e. The topological polar surface area (TPSA) is 84.7 Å². The minimum atomic E-state index is -0.349. The maximum absolute atomic E-state index is 12.3. The number of urea groups is 1. The lowest BCUT2D eigenvalue weighted by Gasteiger charge is -2.13. The van der Waals surface area contributed by atoms with Crippen molar-refractivity contribution in [3.05, 3.63) is 79.4 Å². The number of anilines is 1. The summed E-state index contributed by atoms with van der Waals surface area (Å²) in [5.41, 5.74) is 2.49. The Balaban J connectivity index is 0.00000225. The molecule has 2 amide bonds. The summed E-state index contributed by atoms with van der Waals surface area (Å²) in [6.45, 7) is 7.55. The number of allylic oxidation sites excluding steroid dienone is 5. The predicted molar refractivity (Wildman–Crippen MR) is 116 cm³/mol. The number of hydrogen-bond donors (Lipinski definition) is 2. The zero-order valence-electron chi connectivity index (χ0n) is 15.8. The minimum absolute atomic E-state index is 0. The second kappa shape index (κ2) is 8.77. The quantitative estimate of drug-likeness (QED) is 0.603. The van der Waals surface area contributed by atoms with Gasteiger partial charge in [0.15, 0.2) is 0 Å². The van der Waals surface area contributed by atoms with Crippen molar-refractivity contribution in [2.75, 3.05) is 5.32 Å². The third-order valence-electron chi connectivity index (χ3n) is 4.05. The predicted octanol–water partition coefficient (Wildman–Crippen LogP) is 4.80. The Morgan fingerprint density at radius 1 is 1.32 bits per heavy atom. The molecule has 3 aromatic rings. The molecule has 28 heavy (non-hydrogen) atoms. The van der Waals surface area contributed by atoms with Crippen LogP contribution in [0.1, 0.15) is 28.4 Å². The lowest BCUT2D eigenvalue weighted by atomic mass is 10.2. The molecule has 0 aliphatic heterocycles. The third kappa shape index (κ3) is 4.32. The van der Waals surface area contributed by atoms with Crippen LogP contribution in [0.3, 0.4) is 0 Å². The molecule has 0 bridgehead atoms. The van der Waals surface area contributed by atoms with E-state index in [4.69, 9.17) is 0 Å². The van der Waals surface area contributed by atoms with E-state index in [1.165, 1.54) is 0 Å². The van der Waals surface area contributed by atoms with E-state index in [9.17, 15) is 4.79 Å². The average Bonchev–Trinajstić information content (AvgIpc) is 3.11. The molecular weight excluding hydrogens is 352 g/mol. The lowest BCUT2D eigenvalue weighted by molar-refractivity contribution is 0.249. The number of fused-ring (bicyclic) bond motifs is 1. The number of aromatic nitrogens is 4. The van der Waals surface area contributed by atoms with Gasteiger partial charge in [-0.3, -0.25) is 10.3 Å². The van der Waals surface area contributed by atoms with Crippen LogP contribution >= 0.6 is 0 Å². The number of nitrogens with zero attached hydrogens (tertiary/aromatic N) is 4. The van der Waals surface area contributed by atoms with Gasteiger partial charge >= 0.3 is 6.03 Å². The molecule has 1 atom stereocenters. The first-order chi connectivity index (χ1) is 13.6. The molecule has 3 heterocycles. The number of rotatable bonds is 6.